The quantitative estimate of drug-likeness (QED) is 0.382. The van der Waals surface area contributed by atoms with E-state index in [4.69, 9.17) is 4.74 Å². The van der Waals surface area contributed by atoms with E-state index in [1.165, 1.54) is 18.7 Å². The highest BCUT2D eigenvalue weighted by Crippen LogP contribution is 2.23. The Labute approximate surface area is 194 Å². The molecule has 0 atom stereocenters. The number of hydrogen-bond donors (Lipinski definition) is 2. The van der Waals surface area contributed by atoms with Crippen LogP contribution in [0.25, 0.3) is 17.0 Å². The lowest BCUT2D eigenvalue weighted by molar-refractivity contribution is -0.114. The molecule has 0 aliphatic heterocycles. The summed E-state index contributed by atoms with van der Waals surface area (Å²) in [6.45, 7) is 3.98. The lowest BCUT2D eigenvalue weighted by Crippen LogP contribution is -2.14. The van der Waals surface area contributed by atoms with Gasteiger partial charge in [-0.05, 0) is 67.6 Å². The molecule has 0 bridgehead atoms. The van der Waals surface area contributed by atoms with Gasteiger partial charge >= 0.3 is 0 Å². The highest BCUT2D eigenvalue weighted by atomic mass is 32.2. The van der Waals surface area contributed by atoms with Crippen molar-refractivity contribution in [2.75, 3.05) is 23.0 Å². The highest BCUT2D eigenvalue weighted by Gasteiger charge is 2.12. The van der Waals surface area contributed by atoms with E-state index < -0.39 is 0 Å². The van der Waals surface area contributed by atoms with Crippen LogP contribution < -0.4 is 15.4 Å². The van der Waals surface area contributed by atoms with Crippen molar-refractivity contribution in [3.8, 4) is 17.1 Å². The van der Waals surface area contributed by atoms with Gasteiger partial charge in [-0.3, -0.25) is 9.59 Å². The highest BCUT2D eigenvalue weighted by molar-refractivity contribution is 7.99. The van der Waals surface area contributed by atoms with Crippen LogP contribution in [0.5, 0.6) is 5.75 Å². The maximum absolute atomic E-state index is 12.4. The molecule has 33 heavy (non-hydrogen) atoms. The molecule has 2 amide bonds. The van der Waals surface area contributed by atoms with Gasteiger partial charge in [0.05, 0.1) is 12.4 Å². The summed E-state index contributed by atoms with van der Waals surface area (Å²) in [6, 6.07) is 18.1. The second-order valence-electron chi connectivity index (χ2n) is 7.02. The van der Waals surface area contributed by atoms with Gasteiger partial charge in [-0.1, -0.05) is 11.8 Å². The van der Waals surface area contributed by atoms with E-state index in [1.54, 1.807) is 28.8 Å². The SMILES string of the molecule is CCOc1ccc(-c2nnc3ccc(SCC(=O)Nc4ccc(NC(C)=O)cc4)nn23)cc1. The molecule has 0 radical (unpaired) electrons. The van der Waals surface area contributed by atoms with E-state index in [2.05, 4.69) is 25.9 Å². The molecule has 0 aliphatic rings. The molecule has 168 valence electrons. The largest absolute Gasteiger partial charge is 0.494 e. The number of hydrogen-bond acceptors (Lipinski definition) is 7. The van der Waals surface area contributed by atoms with Crippen molar-refractivity contribution >= 4 is 40.6 Å². The average molecular weight is 463 g/mol. The lowest BCUT2D eigenvalue weighted by Gasteiger charge is -2.07. The molecule has 2 aromatic carbocycles. The lowest BCUT2D eigenvalue weighted by atomic mass is 10.2. The summed E-state index contributed by atoms with van der Waals surface area (Å²) in [5, 5.41) is 19.2. The van der Waals surface area contributed by atoms with Crippen LogP contribution in [-0.2, 0) is 9.59 Å². The molecular weight excluding hydrogens is 440 g/mol. The molecule has 10 heteroatoms. The van der Waals surface area contributed by atoms with Crippen molar-refractivity contribution in [3.05, 3.63) is 60.7 Å². The summed E-state index contributed by atoms with van der Waals surface area (Å²) in [5.41, 5.74) is 2.80. The molecule has 0 saturated heterocycles. The third kappa shape index (κ3) is 5.66. The van der Waals surface area contributed by atoms with Gasteiger partial charge in [0.25, 0.3) is 0 Å². The van der Waals surface area contributed by atoms with E-state index in [0.717, 1.165) is 11.3 Å². The van der Waals surface area contributed by atoms with Crippen molar-refractivity contribution in [3.63, 3.8) is 0 Å². The molecule has 9 nitrogen and oxygen atoms in total. The Morgan fingerprint density at radius 3 is 2.30 bits per heavy atom. The van der Waals surface area contributed by atoms with Crippen LogP contribution >= 0.6 is 11.8 Å². The molecule has 2 heterocycles. The number of carbonyl (C=O) groups excluding carboxylic acids is 2. The van der Waals surface area contributed by atoms with Gasteiger partial charge in [0.15, 0.2) is 11.5 Å². The minimum atomic E-state index is -0.162. The van der Waals surface area contributed by atoms with Gasteiger partial charge in [0, 0.05) is 23.9 Å². The van der Waals surface area contributed by atoms with Crippen molar-refractivity contribution in [1.29, 1.82) is 0 Å². The Morgan fingerprint density at radius 1 is 0.939 bits per heavy atom. The average Bonchev–Trinajstić information content (AvgIpc) is 3.23. The van der Waals surface area contributed by atoms with Crippen molar-refractivity contribution in [1.82, 2.24) is 19.8 Å². The van der Waals surface area contributed by atoms with E-state index in [1.807, 2.05) is 43.3 Å². The Morgan fingerprint density at radius 2 is 1.64 bits per heavy atom. The number of amides is 2. The standard InChI is InChI=1S/C23H22N6O3S/c1-3-32-19-10-4-16(5-11-19)23-27-26-20-12-13-22(28-29(20)23)33-14-21(31)25-18-8-6-17(7-9-18)24-15(2)30/h4-13H,3,14H2,1-2H3,(H,24,30)(H,25,31). The molecular formula is C23H22N6O3S. The Kier molecular flexibility index (Phi) is 6.84. The predicted molar refractivity (Wildman–Crippen MR) is 127 cm³/mol. The number of thioether (sulfide) groups is 1. The molecule has 4 aromatic rings. The molecule has 0 fully saturated rings. The van der Waals surface area contributed by atoms with Gasteiger partial charge in [0.1, 0.15) is 10.8 Å². The van der Waals surface area contributed by atoms with Crippen molar-refractivity contribution in [2.45, 2.75) is 18.9 Å². The van der Waals surface area contributed by atoms with Gasteiger partial charge < -0.3 is 15.4 Å². The van der Waals surface area contributed by atoms with E-state index >= 15 is 0 Å². The summed E-state index contributed by atoms with van der Waals surface area (Å²) in [7, 11) is 0. The third-order valence-electron chi connectivity index (χ3n) is 4.50. The Hall–Kier alpha value is -3.92. The van der Waals surface area contributed by atoms with Crippen LogP contribution in [0.3, 0.4) is 0 Å². The predicted octanol–water partition coefficient (Wildman–Crippen LogP) is 3.88. The summed E-state index contributed by atoms with van der Waals surface area (Å²) >= 11 is 1.31. The number of aromatic nitrogens is 4. The molecule has 0 spiro atoms. The summed E-state index contributed by atoms with van der Waals surface area (Å²) in [6.07, 6.45) is 0. The first-order valence-electron chi connectivity index (χ1n) is 10.3. The van der Waals surface area contributed by atoms with Gasteiger partial charge in [-0.25, -0.2) is 0 Å². The van der Waals surface area contributed by atoms with Crippen LogP contribution in [0.15, 0.2) is 65.7 Å². The number of nitrogens with one attached hydrogen (secondary N) is 2. The Bertz CT molecular complexity index is 1270. The molecule has 2 N–H and O–H groups in total. The fraction of sp³-hybridized carbons (Fsp3) is 0.174. The molecule has 4 rings (SSSR count). The van der Waals surface area contributed by atoms with Gasteiger partial charge in [-0.15, -0.1) is 10.2 Å². The zero-order valence-electron chi connectivity index (χ0n) is 18.1. The Balaban J connectivity index is 1.41. The first-order valence-corrected chi connectivity index (χ1v) is 11.3. The van der Waals surface area contributed by atoms with Gasteiger partial charge in [-0.2, -0.15) is 9.61 Å². The van der Waals surface area contributed by atoms with Crippen LogP contribution in [0.1, 0.15) is 13.8 Å². The number of rotatable bonds is 8. The third-order valence-corrected chi connectivity index (χ3v) is 5.42. The molecule has 0 unspecified atom stereocenters. The zero-order valence-corrected chi connectivity index (χ0v) is 18.9. The van der Waals surface area contributed by atoms with Crippen LogP contribution in [0.2, 0.25) is 0 Å². The fourth-order valence-electron chi connectivity index (χ4n) is 3.07. The fourth-order valence-corrected chi connectivity index (χ4v) is 3.73. The molecule has 2 aromatic heterocycles. The summed E-state index contributed by atoms with van der Waals surface area (Å²) in [5.74, 6) is 1.28. The topological polar surface area (TPSA) is 111 Å². The first kappa shape index (κ1) is 22.3. The summed E-state index contributed by atoms with van der Waals surface area (Å²) < 4.78 is 7.15. The van der Waals surface area contributed by atoms with Crippen LogP contribution in [0, 0.1) is 0 Å². The van der Waals surface area contributed by atoms with E-state index in [0.29, 0.717) is 34.5 Å². The maximum Gasteiger partial charge on any atom is 0.234 e. The zero-order chi connectivity index (χ0) is 23.2. The number of fused-ring (bicyclic) bond motifs is 1. The summed E-state index contributed by atoms with van der Waals surface area (Å²) in [4.78, 5) is 23.5. The number of benzene rings is 2. The van der Waals surface area contributed by atoms with Crippen molar-refractivity contribution in [2.24, 2.45) is 0 Å². The molecule has 0 aliphatic carbocycles. The normalized spacial score (nSPS) is 10.7. The minimum absolute atomic E-state index is 0.147. The first-order chi connectivity index (χ1) is 16.0. The smallest absolute Gasteiger partial charge is 0.234 e. The second kappa shape index (κ2) is 10.1. The monoisotopic (exact) mass is 462 g/mol. The maximum atomic E-state index is 12.4. The number of nitrogens with zero attached hydrogens (tertiary/aromatic N) is 4. The van der Waals surface area contributed by atoms with Gasteiger partial charge in [0.2, 0.25) is 11.8 Å². The number of carbonyl (C=O) groups is 2. The number of ether oxygens (including phenoxy) is 1. The second-order valence-corrected chi connectivity index (χ2v) is 8.01. The molecule has 0 saturated carbocycles. The van der Waals surface area contributed by atoms with E-state index in [9.17, 15) is 9.59 Å². The van der Waals surface area contributed by atoms with E-state index in [-0.39, 0.29) is 17.6 Å². The van der Waals surface area contributed by atoms with Crippen LogP contribution in [-0.4, -0.2) is 44.0 Å². The van der Waals surface area contributed by atoms with Crippen molar-refractivity contribution < 1.29 is 14.3 Å². The minimum Gasteiger partial charge on any atom is -0.494 e. The van der Waals surface area contributed by atoms with Crippen LogP contribution in [0.4, 0.5) is 11.4 Å². The number of anilines is 2.